The molecule has 0 radical (unpaired) electrons. The molecule has 100 valence electrons. The first-order valence-corrected chi connectivity index (χ1v) is 6.91. The van der Waals surface area contributed by atoms with Crippen molar-refractivity contribution in [3.63, 3.8) is 0 Å². The van der Waals surface area contributed by atoms with Gasteiger partial charge in [0.15, 0.2) is 0 Å². The molecule has 18 heavy (non-hydrogen) atoms. The second-order valence-electron chi connectivity index (χ2n) is 5.82. The third kappa shape index (κ3) is 3.30. The lowest BCUT2D eigenvalue weighted by atomic mass is 9.77. The molecule has 1 heterocycles. The van der Waals surface area contributed by atoms with E-state index in [1.165, 1.54) is 18.4 Å². The SMILES string of the molecule is Cc1ccc(CNC2(CO)CCCC(C)C2)nc1. The molecule has 2 rings (SSSR count). The highest BCUT2D eigenvalue weighted by Crippen LogP contribution is 2.32. The first-order valence-electron chi connectivity index (χ1n) is 6.91. The summed E-state index contributed by atoms with van der Waals surface area (Å²) < 4.78 is 0. The summed E-state index contributed by atoms with van der Waals surface area (Å²) in [6.45, 7) is 5.29. The molecule has 0 saturated heterocycles. The molecule has 1 fully saturated rings. The first kappa shape index (κ1) is 13.5. The van der Waals surface area contributed by atoms with E-state index in [4.69, 9.17) is 0 Å². The first-order chi connectivity index (χ1) is 8.63. The summed E-state index contributed by atoms with van der Waals surface area (Å²) in [6, 6.07) is 4.14. The minimum Gasteiger partial charge on any atom is -0.394 e. The van der Waals surface area contributed by atoms with Gasteiger partial charge in [0.2, 0.25) is 0 Å². The number of aryl methyl sites for hydroxylation is 1. The lowest BCUT2D eigenvalue weighted by Gasteiger charge is -2.39. The lowest BCUT2D eigenvalue weighted by molar-refractivity contribution is 0.0979. The van der Waals surface area contributed by atoms with Crippen LogP contribution in [0, 0.1) is 12.8 Å². The summed E-state index contributed by atoms with van der Waals surface area (Å²) in [5.41, 5.74) is 2.14. The van der Waals surface area contributed by atoms with E-state index < -0.39 is 0 Å². The van der Waals surface area contributed by atoms with Gasteiger partial charge in [-0.2, -0.15) is 0 Å². The van der Waals surface area contributed by atoms with Gasteiger partial charge in [-0.1, -0.05) is 25.8 Å². The highest BCUT2D eigenvalue weighted by molar-refractivity contribution is 5.12. The van der Waals surface area contributed by atoms with Crippen molar-refractivity contribution in [1.82, 2.24) is 10.3 Å². The van der Waals surface area contributed by atoms with Crippen molar-refractivity contribution in [2.24, 2.45) is 5.92 Å². The molecule has 1 saturated carbocycles. The molecule has 1 aliphatic carbocycles. The molecule has 2 N–H and O–H groups in total. The maximum Gasteiger partial charge on any atom is 0.0613 e. The number of aromatic nitrogens is 1. The molecule has 3 heteroatoms. The van der Waals surface area contributed by atoms with Crippen LogP contribution in [0.3, 0.4) is 0 Å². The van der Waals surface area contributed by atoms with Crippen LogP contribution in [0.25, 0.3) is 0 Å². The average Bonchev–Trinajstić information content (AvgIpc) is 2.38. The molecule has 3 nitrogen and oxygen atoms in total. The van der Waals surface area contributed by atoms with Gasteiger partial charge in [-0.15, -0.1) is 0 Å². The van der Waals surface area contributed by atoms with Gasteiger partial charge in [0, 0.05) is 18.3 Å². The van der Waals surface area contributed by atoms with E-state index in [9.17, 15) is 5.11 Å². The van der Waals surface area contributed by atoms with Crippen LogP contribution < -0.4 is 5.32 Å². The number of aliphatic hydroxyl groups excluding tert-OH is 1. The predicted molar refractivity (Wildman–Crippen MR) is 73.3 cm³/mol. The van der Waals surface area contributed by atoms with Crippen LogP contribution in [0.2, 0.25) is 0 Å². The molecule has 1 aromatic rings. The van der Waals surface area contributed by atoms with E-state index in [-0.39, 0.29) is 12.1 Å². The molecular weight excluding hydrogens is 224 g/mol. The van der Waals surface area contributed by atoms with E-state index in [2.05, 4.69) is 29.4 Å². The average molecular weight is 248 g/mol. The van der Waals surface area contributed by atoms with Gasteiger partial charge in [-0.05, 0) is 37.3 Å². The zero-order chi connectivity index (χ0) is 13.0. The van der Waals surface area contributed by atoms with Gasteiger partial charge in [0.25, 0.3) is 0 Å². The zero-order valence-electron chi connectivity index (χ0n) is 11.4. The van der Waals surface area contributed by atoms with Crippen LogP contribution in [0.4, 0.5) is 0 Å². The quantitative estimate of drug-likeness (QED) is 0.860. The third-order valence-corrected chi connectivity index (χ3v) is 4.01. The fraction of sp³-hybridized carbons (Fsp3) is 0.667. The topological polar surface area (TPSA) is 45.1 Å². The summed E-state index contributed by atoms with van der Waals surface area (Å²) in [5, 5.41) is 13.2. The van der Waals surface area contributed by atoms with Crippen molar-refractivity contribution in [3.05, 3.63) is 29.6 Å². The Balaban J connectivity index is 1.96. The standard InChI is InChI=1S/C15H24N2O/c1-12-4-3-7-15(8-12,11-18)17-10-14-6-5-13(2)9-16-14/h5-6,9,12,17-18H,3-4,7-8,10-11H2,1-2H3. The van der Waals surface area contributed by atoms with Crippen LogP contribution in [0.15, 0.2) is 18.3 Å². The number of aliphatic hydroxyl groups is 1. The summed E-state index contributed by atoms with van der Waals surface area (Å²) in [5.74, 6) is 0.698. The smallest absolute Gasteiger partial charge is 0.0613 e. The van der Waals surface area contributed by atoms with Crippen LogP contribution >= 0.6 is 0 Å². The monoisotopic (exact) mass is 248 g/mol. The maximum atomic E-state index is 9.70. The largest absolute Gasteiger partial charge is 0.394 e. The van der Waals surface area contributed by atoms with E-state index in [1.54, 1.807) is 0 Å². The van der Waals surface area contributed by atoms with Crippen molar-refractivity contribution < 1.29 is 5.11 Å². The molecule has 0 aliphatic heterocycles. The summed E-state index contributed by atoms with van der Waals surface area (Å²) in [7, 11) is 0. The molecular formula is C15H24N2O. The predicted octanol–water partition coefficient (Wildman–Crippen LogP) is 2.42. The Morgan fingerprint density at radius 2 is 2.33 bits per heavy atom. The van der Waals surface area contributed by atoms with Crippen molar-refractivity contribution >= 4 is 0 Å². The lowest BCUT2D eigenvalue weighted by Crippen LogP contribution is -2.51. The maximum absolute atomic E-state index is 9.70. The van der Waals surface area contributed by atoms with Crippen LogP contribution in [0.1, 0.15) is 43.9 Å². The second kappa shape index (κ2) is 5.81. The molecule has 1 aliphatic rings. The molecule has 2 atom stereocenters. The molecule has 0 amide bonds. The van der Waals surface area contributed by atoms with Gasteiger partial charge in [-0.25, -0.2) is 0 Å². The number of nitrogens with one attached hydrogen (secondary N) is 1. The second-order valence-corrected chi connectivity index (χ2v) is 5.82. The Hall–Kier alpha value is -0.930. The number of hydrogen-bond donors (Lipinski definition) is 2. The minimum absolute atomic E-state index is 0.0930. The Morgan fingerprint density at radius 1 is 1.50 bits per heavy atom. The van der Waals surface area contributed by atoms with Crippen molar-refractivity contribution in [2.45, 2.75) is 51.6 Å². The normalized spacial score (nSPS) is 28.3. The Bertz CT molecular complexity index is 377. The van der Waals surface area contributed by atoms with Crippen LogP contribution in [-0.4, -0.2) is 22.2 Å². The Labute approximate surface area is 110 Å². The highest BCUT2D eigenvalue weighted by Gasteiger charge is 2.33. The molecule has 1 aromatic heterocycles. The minimum atomic E-state index is -0.0930. The Morgan fingerprint density at radius 3 is 2.94 bits per heavy atom. The summed E-state index contributed by atoms with van der Waals surface area (Å²) in [6.07, 6.45) is 6.52. The molecule has 0 bridgehead atoms. The Kier molecular flexibility index (Phi) is 4.36. The number of rotatable bonds is 4. The van der Waals surface area contributed by atoms with E-state index >= 15 is 0 Å². The van der Waals surface area contributed by atoms with Crippen molar-refractivity contribution in [1.29, 1.82) is 0 Å². The molecule has 0 aromatic carbocycles. The van der Waals surface area contributed by atoms with Crippen LogP contribution in [0.5, 0.6) is 0 Å². The van der Waals surface area contributed by atoms with Gasteiger partial charge in [0.1, 0.15) is 0 Å². The highest BCUT2D eigenvalue weighted by atomic mass is 16.3. The van der Waals surface area contributed by atoms with E-state index in [0.29, 0.717) is 5.92 Å². The summed E-state index contributed by atoms with van der Waals surface area (Å²) in [4.78, 5) is 4.40. The van der Waals surface area contributed by atoms with Crippen LogP contribution in [-0.2, 0) is 6.54 Å². The molecule has 0 spiro atoms. The van der Waals surface area contributed by atoms with Gasteiger partial charge in [0.05, 0.1) is 12.3 Å². The van der Waals surface area contributed by atoms with Crippen molar-refractivity contribution in [3.8, 4) is 0 Å². The third-order valence-electron chi connectivity index (χ3n) is 4.01. The van der Waals surface area contributed by atoms with E-state index in [1.807, 2.05) is 13.1 Å². The van der Waals surface area contributed by atoms with Crippen molar-refractivity contribution in [2.75, 3.05) is 6.61 Å². The van der Waals surface area contributed by atoms with Gasteiger partial charge in [-0.3, -0.25) is 4.98 Å². The fourth-order valence-corrected chi connectivity index (χ4v) is 2.90. The number of hydrogen-bond acceptors (Lipinski definition) is 3. The van der Waals surface area contributed by atoms with Gasteiger partial charge >= 0.3 is 0 Å². The summed E-state index contributed by atoms with van der Waals surface area (Å²) >= 11 is 0. The number of nitrogens with zero attached hydrogens (tertiary/aromatic N) is 1. The number of pyridine rings is 1. The molecule has 2 unspecified atom stereocenters. The fourth-order valence-electron chi connectivity index (χ4n) is 2.90. The van der Waals surface area contributed by atoms with E-state index in [0.717, 1.165) is 25.1 Å². The zero-order valence-corrected chi connectivity index (χ0v) is 11.4. The van der Waals surface area contributed by atoms with Gasteiger partial charge < -0.3 is 10.4 Å².